The summed E-state index contributed by atoms with van der Waals surface area (Å²) in [6, 6.07) is 0. The summed E-state index contributed by atoms with van der Waals surface area (Å²) in [7, 11) is 0. The first kappa shape index (κ1) is 19.5. The number of unbranched alkanes of at least 4 members (excludes halogenated alkanes) is 3. The van der Waals surface area contributed by atoms with E-state index in [2.05, 4.69) is 27.7 Å². The molecule has 0 saturated heterocycles. The first-order valence-electron chi connectivity index (χ1n) is 5.12. The number of rotatable bonds is 5. The van der Waals surface area contributed by atoms with Crippen molar-refractivity contribution in [2.24, 2.45) is 0 Å². The van der Waals surface area contributed by atoms with Gasteiger partial charge in [0.15, 0.2) is 0 Å². The van der Waals surface area contributed by atoms with Crippen molar-refractivity contribution in [1.82, 2.24) is 0 Å². The van der Waals surface area contributed by atoms with E-state index in [0.717, 1.165) is 6.42 Å². The Morgan fingerprint density at radius 1 is 1.00 bits per heavy atom. The molecule has 0 atom stereocenters. The minimum atomic E-state index is 0. The van der Waals surface area contributed by atoms with Crippen LogP contribution < -0.4 is 0 Å². The van der Waals surface area contributed by atoms with Gasteiger partial charge in [-0.15, -0.1) is 0 Å². The van der Waals surface area contributed by atoms with Gasteiger partial charge in [0.25, 0.3) is 0 Å². The van der Waals surface area contributed by atoms with Crippen LogP contribution in [0.15, 0.2) is 0 Å². The molecule has 0 fully saturated rings. The minimum absolute atomic E-state index is 0. The molecule has 0 saturated carbocycles. The summed E-state index contributed by atoms with van der Waals surface area (Å²) in [5.41, 5.74) is 0. The first-order chi connectivity index (χ1) is 5.33. The molecular formula is C10H25CaZn. The summed E-state index contributed by atoms with van der Waals surface area (Å²) in [6.45, 7) is 10.5. The fraction of sp³-hybridized carbons (Fsp3) is 0.900. The molecule has 2 heteroatoms. The Bertz CT molecular complexity index is 43.1. The van der Waals surface area contributed by atoms with Crippen LogP contribution in [0.1, 0.15) is 46.5 Å². The van der Waals surface area contributed by atoms with Crippen molar-refractivity contribution < 1.29 is 17.1 Å². The van der Waals surface area contributed by atoms with Crippen molar-refractivity contribution in [2.45, 2.75) is 56.5 Å². The van der Waals surface area contributed by atoms with E-state index in [-0.39, 0.29) is 54.9 Å². The third kappa shape index (κ3) is 29.7. The Hall–Kier alpha value is 1.88. The second kappa shape index (κ2) is 23.1. The zero-order valence-electron chi connectivity index (χ0n) is 8.66. The van der Waals surface area contributed by atoms with E-state index < -0.39 is 0 Å². The van der Waals surface area contributed by atoms with Crippen molar-refractivity contribution in [3.05, 3.63) is 6.92 Å². The van der Waals surface area contributed by atoms with E-state index in [1.807, 2.05) is 0 Å². The number of hydrogen-bond donors (Lipinski definition) is 0. The van der Waals surface area contributed by atoms with Gasteiger partial charge >= 0.3 is 78.7 Å². The molecule has 0 aromatic carbocycles. The standard InChI is InChI=1S/C6H13.2C2H5.Ca.Zn.2H/c1-3-5-6-4-2;2*1-2;;;;/h1,3-6H2,2H3;2*1H2,2H3;;;;. The van der Waals surface area contributed by atoms with E-state index >= 15 is 0 Å². The molecule has 0 aromatic rings. The first-order valence-corrected chi connectivity index (χ1v) is 9.32. The van der Waals surface area contributed by atoms with Gasteiger partial charge in [-0.2, -0.15) is 0 Å². The molecule has 0 aromatic heterocycles. The molecule has 0 rings (SSSR count). The van der Waals surface area contributed by atoms with Crippen LogP contribution in [0.4, 0.5) is 0 Å². The normalized spacial score (nSPS) is 7.33. The van der Waals surface area contributed by atoms with Gasteiger partial charge in [-0.25, -0.2) is 0 Å². The molecule has 0 aliphatic heterocycles. The summed E-state index contributed by atoms with van der Waals surface area (Å²) < 4.78 is 0. The van der Waals surface area contributed by atoms with Crippen LogP contribution in [0, 0.1) is 6.92 Å². The Balaban J connectivity index is -0.000000126. The van der Waals surface area contributed by atoms with Crippen LogP contribution in [-0.4, -0.2) is 37.7 Å². The summed E-state index contributed by atoms with van der Waals surface area (Å²) in [5, 5.41) is 3.06. The second-order valence-electron chi connectivity index (χ2n) is 2.91. The Labute approximate surface area is 117 Å². The average molecular weight is 251 g/mol. The van der Waals surface area contributed by atoms with Gasteiger partial charge in [0.1, 0.15) is 0 Å². The van der Waals surface area contributed by atoms with E-state index in [1.54, 1.807) is 0 Å². The molecule has 0 aliphatic rings. The molecular weight excluding hydrogens is 226 g/mol. The van der Waals surface area contributed by atoms with Crippen molar-refractivity contribution in [1.29, 1.82) is 0 Å². The molecule has 0 unspecified atom stereocenters. The van der Waals surface area contributed by atoms with Gasteiger partial charge in [-0.3, -0.25) is 0 Å². The van der Waals surface area contributed by atoms with Crippen LogP contribution in [0.3, 0.4) is 0 Å². The maximum absolute atomic E-state index is 3.72. The van der Waals surface area contributed by atoms with Gasteiger partial charge in [0.2, 0.25) is 0 Å². The predicted molar refractivity (Wildman–Crippen MR) is 59.0 cm³/mol. The molecule has 0 spiro atoms. The van der Waals surface area contributed by atoms with Crippen molar-refractivity contribution >= 4 is 37.7 Å². The van der Waals surface area contributed by atoms with Crippen LogP contribution in [0.25, 0.3) is 0 Å². The van der Waals surface area contributed by atoms with Gasteiger partial charge in [-0.05, 0) is 0 Å². The fourth-order valence-corrected chi connectivity index (χ4v) is 2.26. The Kier molecular flexibility index (Phi) is 37.4. The average Bonchev–Trinajstić information content (AvgIpc) is 2.04. The van der Waals surface area contributed by atoms with E-state index in [4.69, 9.17) is 0 Å². The molecule has 69 valence electrons. The SMILES string of the molecule is C[CH2][Zn][CH2]C.[CH2]CCCCC.[CaH2]. The molecule has 0 nitrogen and oxygen atoms in total. The van der Waals surface area contributed by atoms with Crippen molar-refractivity contribution in [3.8, 4) is 0 Å². The quantitative estimate of drug-likeness (QED) is 0.518. The molecule has 1 radical (unpaired) electrons. The Morgan fingerprint density at radius 3 is 1.58 bits per heavy atom. The van der Waals surface area contributed by atoms with E-state index in [9.17, 15) is 0 Å². The summed E-state index contributed by atoms with van der Waals surface area (Å²) >= 11 is 0.0972. The summed E-state index contributed by atoms with van der Waals surface area (Å²) in [4.78, 5) is 0. The van der Waals surface area contributed by atoms with Crippen LogP contribution >= 0.6 is 0 Å². The van der Waals surface area contributed by atoms with E-state index in [1.165, 1.54) is 29.3 Å². The van der Waals surface area contributed by atoms with Crippen molar-refractivity contribution in [3.63, 3.8) is 0 Å². The second-order valence-corrected chi connectivity index (χ2v) is 8.59. The van der Waals surface area contributed by atoms with Gasteiger partial charge in [0.05, 0.1) is 0 Å². The zero-order valence-corrected chi connectivity index (χ0v) is 11.6. The molecule has 12 heavy (non-hydrogen) atoms. The summed E-state index contributed by atoms with van der Waals surface area (Å²) in [5.74, 6) is 0. The maximum atomic E-state index is 3.72. The third-order valence-electron chi connectivity index (χ3n) is 1.56. The van der Waals surface area contributed by atoms with Crippen molar-refractivity contribution in [2.75, 3.05) is 0 Å². The van der Waals surface area contributed by atoms with Crippen LogP contribution in [-0.2, 0) is 17.1 Å². The predicted octanol–water partition coefficient (Wildman–Crippen LogP) is 3.43. The zero-order chi connectivity index (χ0) is 8.95. The monoisotopic (exact) mass is 249 g/mol. The van der Waals surface area contributed by atoms with Crippen LogP contribution in [0.5, 0.6) is 0 Å². The molecule has 0 N–H and O–H groups in total. The molecule has 0 amide bonds. The van der Waals surface area contributed by atoms with Gasteiger partial charge in [0, 0.05) is 0 Å². The van der Waals surface area contributed by atoms with Crippen LogP contribution in [0.2, 0.25) is 10.0 Å². The van der Waals surface area contributed by atoms with Gasteiger partial charge in [-0.1, -0.05) is 39.5 Å². The third-order valence-corrected chi connectivity index (χ3v) is 4.53. The topological polar surface area (TPSA) is 0 Å². The molecule has 0 aliphatic carbocycles. The fourth-order valence-electron chi connectivity index (χ4n) is 0.780. The Morgan fingerprint density at radius 2 is 1.50 bits per heavy atom. The molecule has 0 bridgehead atoms. The van der Waals surface area contributed by atoms with Gasteiger partial charge < -0.3 is 0 Å². The summed E-state index contributed by atoms with van der Waals surface area (Å²) in [6.07, 6.45) is 5.07. The van der Waals surface area contributed by atoms with E-state index in [0.29, 0.717) is 0 Å². The molecule has 0 heterocycles. The number of hydrogen-bond acceptors (Lipinski definition) is 0.